The third-order valence-electron chi connectivity index (χ3n) is 5.56. The van der Waals surface area contributed by atoms with Crippen LogP contribution in [0, 0.1) is 6.92 Å². The Balaban J connectivity index is 1.61. The minimum absolute atomic E-state index is 0.0480. The second-order valence-corrected chi connectivity index (χ2v) is 7.78. The molecule has 0 radical (unpaired) electrons. The Hall–Kier alpha value is -2.67. The van der Waals surface area contributed by atoms with Gasteiger partial charge in [0.1, 0.15) is 0 Å². The molecule has 1 aliphatic rings. The molecule has 30 heavy (non-hydrogen) atoms. The van der Waals surface area contributed by atoms with E-state index in [0.717, 1.165) is 24.2 Å². The first-order valence-electron chi connectivity index (χ1n) is 10.5. The first-order valence-corrected chi connectivity index (χ1v) is 10.5. The van der Waals surface area contributed by atoms with Crippen LogP contribution in [0.3, 0.4) is 0 Å². The number of benzene rings is 2. The molecule has 0 spiro atoms. The van der Waals surface area contributed by atoms with Gasteiger partial charge in [-0.15, -0.1) is 0 Å². The number of nitrogens with zero attached hydrogens (tertiary/aromatic N) is 1. The van der Waals surface area contributed by atoms with Crippen LogP contribution in [0.1, 0.15) is 47.9 Å². The zero-order valence-corrected chi connectivity index (χ0v) is 17.5. The zero-order valence-electron chi connectivity index (χ0n) is 17.5. The van der Waals surface area contributed by atoms with Gasteiger partial charge in [0.15, 0.2) is 6.29 Å². The molecule has 0 bridgehead atoms. The zero-order chi connectivity index (χ0) is 20.9. The maximum Gasteiger partial charge on any atom is 0.323 e. The summed E-state index contributed by atoms with van der Waals surface area (Å²) in [5.74, 6) is 0. The van der Waals surface area contributed by atoms with Crippen LogP contribution in [0.2, 0.25) is 0 Å². The number of imidazole rings is 1. The van der Waals surface area contributed by atoms with Crippen LogP contribution in [-0.4, -0.2) is 34.3 Å². The van der Waals surface area contributed by atoms with E-state index in [1.807, 2.05) is 18.2 Å². The predicted molar refractivity (Wildman–Crippen MR) is 116 cm³/mol. The smallest absolute Gasteiger partial charge is 0.323 e. The standard InChI is InChI=1S/C24H29N3O3/c1-3-21(19-11-7-8-17(2)14-19)30-23-22(18-9-5-4-6-10-18)27(12-13-29-23)16-20-15-25-24(28)26-20/h4-11,14-15,21-23H,3,12-13,16H2,1-2H3,(H2,25,26,28). The van der Waals surface area contributed by atoms with Gasteiger partial charge in [-0.3, -0.25) is 4.90 Å². The highest BCUT2D eigenvalue weighted by molar-refractivity contribution is 5.25. The Morgan fingerprint density at radius 2 is 2.03 bits per heavy atom. The molecule has 0 amide bonds. The number of aryl methyl sites for hydroxylation is 1. The van der Waals surface area contributed by atoms with Crippen LogP contribution >= 0.6 is 0 Å². The van der Waals surface area contributed by atoms with E-state index >= 15 is 0 Å². The maximum atomic E-state index is 11.5. The van der Waals surface area contributed by atoms with Crippen molar-refractivity contribution in [1.29, 1.82) is 0 Å². The molecule has 2 aromatic carbocycles. The molecule has 6 heteroatoms. The Kier molecular flexibility index (Phi) is 6.47. The fourth-order valence-corrected chi connectivity index (χ4v) is 4.12. The van der Waals surface area contributed by atoms with Gasteiger partial charge >= 0.3 is 5.69 Å². The Morgan fingerprint density at radius 3 is 2.73 bits per heavy atom. The fraction of sp³-hybridized carbons (Fsp3) is 0.375. The van der Waals surface area contributed by atoms with E-state index < -0.39 is 6.29 Å². The molecule has 1 fully saturated rings. The van der Waals surface area contributed by atoms with Gasteiger partial charge in [0.25, 0.3) is 0 Å². The molecule has 3 atom stereocenters. The number of nitrogens with one attached hydrogen (secondary N) is 2. The normalized spacial score (nSPS) is 20.9. The van der Waals surface area contributed by atoms with E-state index in [4.69, 9.17) is 9.47 Å². The molecular weight excluding hydrogens is 378 g/mol. The average molecular weight is 408 g/mol. The van der Waals surface area contributed by atoms with Gasteiger partial charge in [0.05, 0.1) is 18.8 Å². The number of morpholine rings is 1. The molecule has 158 valence electrons. The van der Waals surface area contributed by atoms with Crippen molar-refractivity contribution in [2.24, 2.45) is 0 Å². The molecular formula is C24H29N3O3. The van der Waals surface area contributed by atoms with Crippen molar-refractivity contribution >= 4 is 0 Å². The second kappa shape index (κ2) is 9.43. The summed E-state index contributed by atoms with van der Waals surface area (Å²) < 4.78 is 12.7. The Morgan fingerprint density at radius 1 is 1.20 bits per heavy atom. The van der Waals surface area contributed by atoms with Crippen molar-refractivity contribution in [3.05, 3.63) is 93.7 Å². The summed E-state index contributed by atoms with van der Waals surface area (Å²) >= 11 is 0. The molecule has 1 aromatic heterocycles. The van der Waals surface area contributed by atoms with Crippen molar-refractivity contribution in [1.82, 2.24) is 14.9 Å². The highest BCUT2D eigenvalue weighted by atomic mass is 16.7. The van der Waals surface area contributed by atoms with Crippen molar-refractivity contribution in [3.63, 3.8) is 0 Å². The van der Waals surface area contributed by atoms with E-state index in [1.165, 1.54) is 11.1 Å². The highest BCUT2D eigenvalue weighted by Gasteiger charge is 2.36. The van der Waals surface area contributed by atoms with Gasteiger partial charge in [-0.2, -0.15) is 0 Å². The summed E-state index contributed by atoms with van der Waals surface area (Å²) in [6, 6.07) is 18.7. The number of hydrogen-bond acceptors (Lipinski definition) is 4. The third-order valence-corrected chi connectivity index (χ3v) is 5.56. The van der Waals surface area contributed by atoms with E-state index in [1.54, 1.807) is 6.20 Å². The lowest BCUT2D eigenvalue weighted by atomic mass is 10.0. The fourth-order valence-electron chi connectivity index (χ4n) is 4.12. The van der Waals surface area contributed by atoms with E-state index in [2.05, 4.69) is 65.1 Å². The molecule has 1 saturated heterocycles. The van der Waals surface area contributed by atoms with Crippen molar-refractivity contribution in [2.45, 2.75) is 45.2 Å². The summed E-state index contributed by atoms with van der Waals surface area (Å²) in [6.07, 6.45) is 2.14. The second-order valence-electron chi connectivity index (χ2n) is 7.78. The van der Waals surface area contributed by atoms with Gasteiger partial charge in [-0.05, 0) is 24.5 Å². The van der Waals surface area contributed by atoms with Crippen LogP contribution in [0.15, 0.2) is 65.6 Å². The Labute approximate surface area is 176 Å². The molecule has 1 aliphatic heterocycles. The van der Waals surface area contributed by atoms with Crippen LogP contribution in [0.25, 0.3) is 0 Å². The molecule has 3 unspecified atom stereocenters. The summed E-state index contributed by atoms with van der Waals surface area (Å²) in [5, 5.41) is 0. The topological polar surface area (TPSA) is 70.3 Å². The predicted octanol–water partition coefficient (Wildman–Crippen LogP) is 4.08. The first-order chi connectivity index (χ1) is 14.6. The monoisotopic (exact) mass is 407 g/mol. The molecule has 2 N–H and O–H groups in total. The lowest BCUT2D eigenvalue weighted by Gasteiger charge is -2.42. The minimum atomic E-state index is -0.405. The highest BCUT2D eigenvalue weighted by Crippen LogP contribution is 2.35. The number of ether oxygens (including phenoxy) is 2. The average Bonchev–Trinajstić information content (AvgIpc) is 3.17. The Bertz CT molecular complexity index is 998. The number of H-pyrrole nitrogens is 2. The third kappa shape index (κ3) is 4.73. The largest absolute Gasteiger partial charge is 0.349 e. The van der Waals surface area contributed by atoms with Gasteiger partial charge in [0, 0.05) is 25.0 Å². The van der Waals surface area contributed by atoms with E-state index in [0.29, 0.717) is 13.2 Å². The lowest BCUT2D eigenvalue weighted by Crippen LogP contribution is -2.46. The van der Waals surface area contributed by atoms with Crippen molar-refractivity contribution in [3.8, 4) is 0 Å². The summed E-state index contributed by atoms with van der Waals surface area (Å²) in [6.45, 7) is 6.18. The number of hydrogen-bond donors (Lipinski definition) is 2. The first kappa shape index (κ1) is 20.6. The van der Waals surface area contributed by atoms with Crippen LogP contribution < -0.4 is 5.69 Å². The number of aromatic amines is 2. The number of aromatic nitrogens is 2. The number of rotatable bonds is 7. The quantitative estimate of drug-likeness (QED) is 0.619. The summed E-state index contributed by atoms with van der Waals surface area (Å²) in [4.78, 5) is 19.4. The van der Waals surface area contributed by atoms with Crippen LogP contribution in [0.4, 0.5) is 0 Å². The lowest BCUT2D eigenvalue weighted by molar-refractivity contribution is -0.234. The van der Waals surface area contributed by atoms with E-state index in [9.17, 15) is 4.79 Å². The van der Waals surface area contributed by atoms with Crippen LogP contribution in [0.5, 0.6) is 0 Å². The van der Waals surface area contributed by atoms with Crippen LogP contribution in [-0.2, 0) is 16.0 Å². The van der Waals surface area contributed by atoms with Gasteiger partial charge in [0.2, 0.25) is 0 Å². The molecule has 6 nitrogen and oxygen atoms in total. The van der Waals surface area contributed by atoms with Gasteiger partial charge in [-0.1, -0.05) is 67.1 Å². The summed E-state index contributed by atoms with van der Waals surface area (Å²) in [5.41, 5.74) is 4.19. The molecule has 4 rings (SSSR count). The van der Waals surface area contributed by atoms with Gasteiger partial charge < -0.3 is 19.4 Å². The minimum Gasteiger partial charge on any atom is -0.349 e. The van der Waals surface area contributed by atoms with Crippen molar-refractivity contribution < 1.29 is 9.47 Å². The maximum absolute atomic E-state index is 11.5. The van der Waals surface area contributed by atoms with Crippen molar-refractivity contribution in [2.75, 3.05) is 13.2 Å². The molecule has 3 aromatic rings. The van der Waals surface area contributed by atoms with Gasteiger partial charge in [-0.25, -0.2) is 4.79 Å². The molecule has 0 saturated carbocycles. The summed E-state index contributed by atoms with van der Waals surface area (Å²) in [7, 11) is 0. The molecule has 0 aliphatic carbocycles. The SMILES string of the molecule is CCC(OC1OCCN(Cc2c[nH]c(=O)[nH]2)C1c1ccccc1)c1cccc(C)c1. The molecule has 2 heterocycles. The van der Waals surface area contributed by atoms with E-state index in [-0.39, 0.29) is 17.8 Å².